The molecule has 1 aliphatic carbocycles. The Labute approximate surface area is 106 Å². The predicted molar refractivity (Wildman–Crippen MR) is 70.1 cm³/mol. The standard InChI is InChI=1S/C10H17N3O2S2/c1-11-6-3-7-17(14,15)13-10-12-8-4-2-5-9(8)16-10/h11H,2-7H2,1H3,(H,12,13). The predicted octanol–water partition coefficient (Wildman–Crippen LogP) is 0.983. The van der Waals surface area contributed by atoms with Gasteiger partial charge in [-0.2, -0.15) is 0 Å². The molecule has 2 rings (SSSR count). The Bertz CT molecular complexity index is 460. The zero-order chi connectivity index (χ0) is 12.3. The average molecular weight is 275 g/mol. The quantitative estimate of drug-likeness (QED) is 0.759. The van der Waals surface area contributed by atoms with E-state index in [0.717, 1.165) is 25.0 Å². The van der Waals surface area contributed by atoms with E-state index < -0.39 is 10.0 Å². The molecule has 0 radical (unpaired) electrons. The van der Waals surface area contributed by atoms with Crippen molar-refractivity contribution in [3.05, 3.63) is 10.6 Å². The Balaban J connectivity index is 1.95. The first-order valence-corrected chi connectivity index (χ1v) is 8.21. The smallest absolute Gasteiger partial charge is 0.234 e. The van der Waals surface area contributed by atoms with Gasteiger partial charge in [-0.3, -0.25) is 4.72 Å². The van der Waals surface area contributed by atoms with E-state index in [2.05, 4.69) is 15.0 Å². The van der Waals surface area contributed by atoms with Crippen LogP contribution in [-0.4, -0.2) is 32.7 Å². The molecular formula is C10H17N3O2S2. The van der Waals surface area contributed by atoms with Crippen LogP contribution in [0.2, 0.25) is 0 Å². The fraction of sp³-hybridized carbons (Fsp3) is 0.700. The molecule has 0 unspecified atom stereocenters. The highest BCUT2D eigenvalue weighted by Crippen LogP contribution is 2.30. The zero-order valence-corrected chi connectivity index (χ0v) is 11.5. The second-order valence-electron chi connectivity index (χ2n) is 4.12. The van der Waals surface area contributed by atoms with Gasteiger partial charge in [-0.05, 0) is 39.3 Å². The topological polar surface area (TPSA) is 71.1 Å². The monoisotopic (exact) mass is 275 g/mol. The number of anilines is 1. The molecule has 17 heavy (non-hydrogen) atoms. The van der Waals surface area contributed by atoms with Gasteiger partial charge in [0.1, 0.15) is 0 Å². The molecule has 0 spiro atoms. The number of thiazole rings is 1. The molecule has 0 saturated heterocycles. The SMILES string of the molecule is CNCCCS(=O)(=O)Nc1nc2c(s1)CCC2. The summed E-state index contributed by atoms with van der Waals surface area (Å²) in [6.45, 7) is 0.704. The maximum absolute atomic E-state index is 11.7. The van der Waals surface area contributed by atoms with E-state index in [1.807, 2.05) is 7.05 Å². The lowest BCUT2D eigenvalue weighted by Crippen LogP contribution is -2.20. The van der Waals surface area contributed by atoms with Gasteiger partial charge >= 0.3 is 0 Å². The highest BCUT2D eigenvalue weighted by molar-refractivity contribution is 7.92. The van der Waals surface area contributed by atoms with E-state index in [1.165, 1.54) is 16.2 Å². The van der Waals surface area contributed by atoms with Gasteiger partial charge < -0.3 is 5.32 Å². The first-order valence-electron chi connectivity index (χ1n) is 5.74. The lowest BCUT2D eigenvalue weighted by atomic mass is 10.4. The van der Waals surface area contributed by atoms with Crippen molar-refractivity contribution in [3.8, 4) is 0 Å². The summed E-state index contributed by atoms with van der Waals surface area (Å²) in [5, 5.41) is 3.46. The Kier molecular flexibility index (Phi) is 4.01. The molecular weight excluding hydrogens is 258 g/mol. The highest BCUT2D eigenvalue weighted by atomic mass is 32.2. The summed E-state index contributed by atoms with van der Waals surface area (Å²) in [5.41, 5.74) is 1.07. The number of sulfonamides is 1. The van der Waals surface area contributed by atoms with Crippen LogP contribution in [0.15, 0.2) is 0 Å². The molecule has 2 N–H and O–H groups in total. The largest absolute Gasteiger partial charge is 0.320 e. The van der Waals surface area contributed by atoms with Crippen LogP contribution in [0.1, 0.15) is 23.4 Å². The van der Waals surface area contributed by atoms with Gasteiger partial charge in [0, 0.05) is 4.88 Å². The number of hydrogen-bond acceptors (Lipinski definition) is 5. The number of nitrogens with one attached hydrogen (secondary N) is 2. The van der Waals surface area contributed by atoms with Crippen LogP contribution in [0.5, 0.6) is 0 Å². The minimum absolute atomic E-state index is 0.137. The van der Waals surface area contributed by atoms with E-state index in [-0.39, 0.29) is 5.75 Å². The number of nitrogens with zero attached hydrogens (tertiary/aromatic N) is 1. The molecule has 5 nitrogen and oxygen atoms in total. The van der Waals surface area contributed by atoms with Gasteiger partial charge in [0.25, 0.3) is 0 Å². The molecule has 0 aromatic carbocycles. The molecule has 7 heteroatoms. The molecule has 0 bridgehead atoms. The van der Waals surface area contributed by atoms with Crippen LogP contribution in [0.4, 0.5) is 5.13 Å². The number of aromatic nitrogens is 1. The van der Waals surface area contributed by atoms with E-state index >= 15 is 0 Å². The van der Waals surface area contributed by atoms with E-state index in [9.17, 15) is 8.42 Å². The minimum Gasteiger partial charge on any atom is -0.320 e. The van der Waals surface area contributed by atoms with Crippen molar-refractivity contribution in [2.75, 3.05) is 24.1 Å². The summed E-state index contributed by atoms with van der Waals surface area (Å²) >= 11 is 1.47. The van der Waals surface area contributed by atoms with Gasteiger partial charge in [-0.15, -0.1) is 11.3 Å². The van der Waals surface area contributed by atoms with E-state index in [4.69, 9.17) is 0 Å². The van der Waals surface area contributed by atoms with Crippen LogP contribution >= 0.6 is 11.3 Å². The number of fused-ring (bicyclic) bond motifs is 1. The lowest BCUT2D eigenvalue weighted by Gasteiger charge is -2.04. The molecule has 0 fully saturated rings. The maximum Gasteiger partial charge on any atom is 0.234 e. The van der Waals surface area contributed by atoms with Crippen LogP contribution in [0, 0.1) is 0 Å². The van der Waals surface area contributed by atoms with E-state index in [1.54, 1.807) is 0 Å². The Hall–Kier alpha value is -0.660. The third-order valence-corrected chi connectivity index (χ3v) is 5.21. The number of hydrogen-bond donors (Lipinski definition) is 2. The molecule has 96 valence electrons. The van der Waals surface area contributed by atoms with Crippen LogP contribution in [0.25, 0.3) is 0 Å². The summed E-state index contributed by atoms with van der Waals surface area (Å²) in [4.78, 5) is 5.55. The van der Waals surface area contributed by atoms with Gasteiger partial charge in [-0.25, -0.2) is 13.4 Å². The van der Waals surface area contributed by atoms with Crippen molar-refractivity contribution in [2.24, 2.45) is 0 Å². The summed E-state index contributed by atoms with van der Waals surface area (Å²) in [6.07, 6.45) is 3.77. The third-order valence-electron chi connectivity index (χ3n) is 2.68. The first kappa shape index (κ1) is 12.8. The summed E-state index contributed by atoms with van der Waals surface area (Å²) in [7, 11) is -1.43. The average Bonchev–Trinajstić information content (AvgIpc) is 2.77. The Morgan fingerprint density at radius 1 is 1.41 bits per heavy atom. The van der Waals surface area contributed by atoms with Gasteiger partial charge in [0.05, 0.1) is 11.4 Å². The molecule has 1 heterocycles. The maximum atomic E-state index is 11.7. The molecule has 0 aliphatic heterocycles. The van der Waals surface area contributed by atoms with Crippen LogP contribution < -0.4 is 10.0 Å². The van der Waals surface area contributed by atoms with Crippen molar-refractivity contribution < 1.29 is 8.42 Å². The highest BCUT2D eigenvalue weighted by Gasteiger charge is 2.19. The molecule has 1 aromatic heterocycles. The molecule has 0 amide bonds. The molecule has 1 aliphatic rings. The molecule has 0 saturated carbocycles. The summed E-state index contributed by atoms with van der Waals surface area (Å²) < 4.78 is 26.0. The summed E-state index contributed by atoms with van der Waals surface area (Å²) in [5.74, 6) is 0.137. The fourth-order valence-corrected chi connectivity index (χ4v) is 4.24. The Morgan fingerprint density at radius 2 is 2.24 bits per heavy atom. The fourth-order valence-electron chi connectivity index (χ4n) is 1.86. The van der Waals surface area contributed by atoms with Gasteiger partial charge in [0.15, 0.2) is 5.13 Å². The molecule has 1 aromatic rings. The van der Waals surface area contributed by atoms with Crippen molar-refractivity contribution in [1.82, 2.24) is 10.3 Å². The minimum atomic E-state index is -3.24. The normalized spacial score (nSPS) is 14.9. The third kappa shape index (κ3) is 3.40. The number of aryl methyl sites for hydroxylation is 2. The number of rotatable bonds is 6. The van der Waals surface area contributed by atoms with Crippen molar-refractivity contribution in [3.63, 3.8) is 0 Å². The van der Waals surface area contributed by atoms with Gasteiger partial charge in [0.2, 0.25) is 10.0 Å². The van der Waals surface area contributed by atoms with Crippen molar-refractivity contribution in [2.45, 2.75) is 25.7 Å². The second-order valence-corrected chi connectivity index (χ2v) is 7.05. The zero-order valence-electron chi connectivity index (χ0n) is 9.82. The van der Waals surface area contributed by atoms with Crippen LogP contribution in [-0.2, 0) is 22.9 Å². The van der Waals surface area contributed by atoms with Crippen molar-refractivity contribution >= 4 is 26.5 Å². The van der Waals surface area contributed by atoms with Crippen LogP contribution in [0.3, 0.4) is 0 Å². The van der Waals surface area contributed by atoms with Gasteiger partial charge in [-0.1, -0.05) is 0 Å². The Morgan fingerprint density at radius 3 is 2.94 bits per heavy atom. The first-order chi connectivity index (χ1) is 8.11. The lowest BCUT2D eigenvalue weighted by molar-refractivity contribution is 0.597. The van der Waals surface area contributed by atoms with Crippen molar-refractivity contribution in [1.29, 1.82) is 0 Å². The second kappa shape index (κ2) is 5.32. The van der Waals surface area contributed by atoms with E-state index in [0.29, 0.717) is 18.1 Å². The molecule has 0 atom stereocenters. The summed E-state index contributed by atoms with van der Waals surface area (Å²) in [6, 6.07) is 0.